The number of carbonyl (C=O) groups is 1. The van der Waals surface area contributed by atoms with E-state index in [-0.39, 0.29) is 31.0 Å². The van der Waals surface area contributed by atoms with Crippen LogP contribution in [0.4, 0.5) is 14.5 Å². The summed E-state index contributed by atoms with van der Waals surface area (Å²) in [5.41, 5.74) is 0.0332. The lowest BCUT2D eigenvalue weighted by molar-refractivity contribution is -0.121. The number of ether oxygens (including phenoxy) is 1. The number of benzene rings is 1. The van der Waals surface area contributed by atoms with Crippen molar-refractivity contribution < 1.29 is 26.7 Å². The number of halogens is 2. The summed E-state index contributed by atoms with van der Waals surface area (Å²) in [6, 6.07) is 2.91. The van der Waals surface area contributed by atoms with Crippen LogP contribution in [0.15, 0.2) is 18.2 Å². The van der Waals surface area contributed by atoms with Crippen LogP contribution in [0.3, 0.4) is 0 Å². The van der Waals surface area contributed by atoms with Crippen molar-refractivity contribution in [3.05, 3.63) is 29.8 Å². The molecular formula is C19H28F2N2O4S. The second-order valence-corrected chi connectivity index (χ2v) is 8.92. The van der Waals surface area contributed by atoms with Crippen LogP contribution in [0.2, 0.25) is 0 Å². The summed E-state index contributed by atoms with van der Waals surface area (Å²) in [5, 5.41) is 2.78. The summed E-state index contributed by atoms with van der Waals surface area (Å²) in [6.45, 7) is 1.12. The highest BCUT2D eigenvalue weighted by Crippen LogP contribution is 2.21. The Balaban J connectivity index is 1.71. The fourth-order valence-corrected chi connectivity index (χ4v) is 4.16. The molecular weight excluding hydrogens is 390 g/mol. The predicted octanol–water partition coefficient (Wildman–Crippen LogP) is 2.98. The minimum Gasteiger partial charge on any atom is -0.378 e. The van der Waals surface area contributed by atoms with Crippen LogP contribution in [0.1, 0.15) is 44.9 Å². The largest absolute Gasteiger partial charge is 0.378 e. The molecule has 0 atom stereocenters. The average molecular weight is 419 g/mol. The number of nitrogens with one attached hydrogen (secondary N) is 1. The van der Waals surface area contributed by atoms with Crippen molar-refractivity contribution in [3.8, 4) is 0 Å². The molecule has 0 radical (unpaired) electrons. The third-order valence-corrected chi connectivity index (χ3v) is 5.85. The van der Waals surface area contributed by atoms with Crippen LogP contribution in [0.25, 0.3) is 0 Å². The molecule has 1 aromatic rings. The minimum atomic E-state index is -3.68. The Kier molecular flexibility index (Phi) is 8.62. The van der Waals surface area contributed by atoms with Gasteiger partial charge in [-0.2, -0.15) is 0 Å². The van der Waals surface area contributed by atoms with E-state index in [0.29, 0.717) is 19.3 Å². The first kappa shape index (κ1) is 22.5. The molecule has 0 spiro atoms. The topological polar surface area (TPSA) is 75.7 Å². The number of hydrogen-bond acceptors (Lipinski definition) is 4. The molecule has 6 nitrogen and oxygen atoms in total. The molecule has 158 valence electrons. The Morgan fingerprint density at radius 2 is 1.93 bits per heavy atom. The van der Waals surface area contributed by atoms with E-state index in [9.17, 15) is 22.0 Å². The zero-order chi connectivity index (χ0) is 20.6. The van der Waals surface area contributed by atoms with Gasteiger partial charge in [-0.3, -0.25) is 9.10 Å². The Bertz CT molecular complexity index is 752. The lowest BCUT2D eigenvalue weighted by Gasteiger charge is -2.22. The first-order valence-electron chi connectivity index (χ1n) is 9.58. The second-order valence-electron chi connectivity index (χ2n) is 7.02. The van der Waals surface area contributed by atoms with Gasteiger partial charge in [-0.05, 0) is 37.8 Å². The van der Waals surface area contributed by atoms with Crippen molar-refractivity contribution in [2.24, 2.45) is 0 Å². The number of hydrogen-bond donors (Lipinski definition) is 1. The number of anilines is 1. The normalized spacial score (nSPS) is 15.0. The van der Waals surface area contributed by atoms with E-state index in [1.807, 2.05) is 0 Å². The molecule has 0 aromatic heterocycles. The SMILES string of the molecule is CS(=O)(=O)N(CCCC(=O)NCCCOC1CCCC1)c1ccc(F)c(F)c1. The van der Waals surface area contributed by atoms with Gasteiger partial charge in [0, 0.05) is 32.2 Å². The van der Waals surface area contributed by atoms with E-state index >= 15 is 0 Å². The standard InChI is InChI=1S/C19H28F2N2O4S/c1-28(25,26)23(15-9-10-17(20)18(21)14-15)12-4-8-19(24)22-11-5-13-27-16-6-2-3-7-16/h9-10,14,16H,2-8,11-13H2,1H3,(H,22,24). The zero-order valence-electron chi connectivity index (χ0n) is 16.1. The van der Waals surface area contributed by atoms with E-state index in [1.165, 1.54) is 18.9 Å². The maximum Gasteiger partial charge on any atom is 0.232 e. The van der Waals surface area contributed by atoms with Gasteiger partial charge < -0.3 is 10.1 Å². The summed E-state index contributed by atoms with van der Waals surface area (Å²) in [4.78, 5) is 11.9. The molecule has 1 saturated carbocycles. The zero-order valence-corrected chi connectivity index (χ0v) is 16.9. The molecule has 1 fully saturated rings. The van der Waals surface area contributed by atoms with Crippen molar-refractivity contribution >= 4 is 21.6 Å². The smallest absolute Gasteiger partial charge is 0.232 e. The van der Waals surface area contributed by atoms with Crippen molar-refractivity contribution in [1.29, 1.82) is 0 Å². The van der Waals surface area contributed by atoms with Crippen molar-refractivity contribution in [1.82, 2.24) is 5.32 Å². The molecule has 1 amide bonds. The van der Waals surface area contributed by atoms with E-state index in [2.05, 4.69) is 5.32 Å². The molecule has 1 aliphatic carbocycles. The second kappa shape index (κ2) is 10.7. The van der Waals surface area contributed by atoms with Gasteiger partial charge in [0.25, 0.3) is 0 Å². The molecule has 0 bridgehead atoms. The molecule has 0 aliphatic heterocycles. The van der Waals surface area contributed by atoms with Gasteiger partial charge in [-0.1, -0.05) is 12.8 Å². The fourth-order valence-electron chi connectivity index (χ4n) is 3.20. The van der Waals surface area contributed by atoms with E-state index in [4.69, 9.17) is 4.74 Å². The van der Waals surface area contributed by atoms with Gasteiger partial charge >= 0.3 is 0 Å². The van der Waals surface area contributed by atoms with Gasteiger partial charge in [0.05, 0.1) is 18.0 Å². The molecule has 1 aliphatic rings. The minimum absolute atomic E-state index is 0.00210. The van der Waals surface area contributed by atoms with Crippen molar-refractivity contribution in [2.45, 2.75) is 51.0 Å². The molecule has 1 N–H and O–H groups in total. The number of rotatable bonds is 11. The molecule has 2 rings (SSSR count). The quantitative estimate of drug-likeness (QED) is 0.561. The number of sulfonamides is 1. The Labute approximate surface area is 165 Å². The number of carbonyl (C=O) groups excluding carboxylic acids is 1. The predicted molar refractivity (Wildman–Crippen MR) is 104 cm³/mol. The summed E-state index contributed by atoms with van der Waals surface area (Å²) < 4.78 is 57.1. The number of amides is 1. The molecule has 0 saturated heterocycles. The van der Waals surface area contributed by atoms with Gasteiger partial charge in [-0.25, -0.2) is 17.2 Å². The van der Waals surface area contributed by atoms with E-state index in [1.54, 1.807) is 0 Å². The van der Waals surface area contributed by atoms with Crippen LogP contribution in [0.5, 0.6) is 0 Å². The summed E-state index contributed by atoms with van der Waals surface area (Å²) in [5.74, 6) is -2.35. The van der Waals surface area contributed by atoms with E-state index in [0.717, 1.165) is 42.0 Å². The molecule has 0 unspecified atom stereocenters. The maximum absolute atomic E-state index is 13.4. The first-order valence-corrected chi connectivity index (χ1v) is 11.4. The van der Waals surface area contributed by atoms with Gasteiger partial charge in [0.15, 0.2) is 11.6 Å². The highest BCUT2D eigenvalue weighted by Gasteiger charge is 2.19. The monoisotopic (exact) mass is 418 g/mol. The van der Waals surface area contributed by atoms with E-state index < -0.39 is 21.7 Å². The van der Waals surface area contributed by atoms with Gasteiger partial charge in [0.1, 0.15) is 0 Å². The van der Waals surface area contributed by atoms with Crippen molar-refractivity contribution in [3.63, 3.8) is 0 Å². The lowest BCUT2D eigenvalue weighted by Crippen LogP contribution is -2.32. The third-order valence-electron chi connectivity index (χ3n) is 4.66. The lowest BCUT2D eigenvalue weighted by atomic mass is 10.2. The average Bonchev–Trinajstić information content (AvgIpc) is 3.13. The summed E-state index contributed by atoms with van der Waals surface area (Å²) in [7, 11) is -3.68. The Morgan fingerprint density at radius 1 is 1.21 bits per heavy atom. The highest BCUT2D eigenvalue weighted by molar-refractivity contribution is 7.92. The maximum atomic E-state index is 13.4. The number of nitrogens with zero attached hydrogens (tertiary/aromatic N) is 1. The van der Waals surface area contributed by atoms with Crippen molar-refractivity contribution in [2.75, 3.05) is 30.3 Å². The third kappa shape index (κ3) is 7.35. The van der Waals surface area contributed by atoms with Crippen LogP contribution >= 0.6 is 0 Å². The summed E-state index contributed by atoms with van der Waals surface area (Å²) >= 11 is 0. The Hall–Kier alpha value is -1.74. The molecule has 1 aromatic carbocycles. The van der Waals surface area contributed by atoms with Crippen LogP contribution in [-0.4, -0.2) is 46.4 Å². The van der Waals surface area contributed by atoms with Crippen LogP contribution < -0.4 is 9.62 Å². The van der Waals surface area contributed by atoms with Crippen LogP contribution in [-0.2, 0) is 19.6 Å². The molecule has 0 heterocycles. The van der Waals surface area contributed by atoms with Gasteiger partial charge in [0.2, 0.25) is 15.9 Å². The van der Waals surface area contributed by atoms with Gasteiger partial charge in [-0.15, -0.1) is 0 Å². The summed E-state index contributed by atoms with van der Waals surface area (Å²) in [6.07, 6.45) is 7.13. The molecule has 28 heavy (non-hydrogen) atoms. The van der Waals surface area contributed by atoms with Crippen LogP contribution in [0, 0.1) is 11.6 Å². The first-order chi connectivity index (χ1) is 13.3. The molecule has 9 heteroatoms. The highest BCUT2D eigenvalue weighted by atomic mass is 32.2. The Morgan fingerprint density at radius 3 is 2.57 bits per heavy atom. The fraction of sp³-hybridized carbons (Fsp3) is 0.632.